The van der Waals surface area contributed by atoms with E-state index >= 15 is 0 Å². The normalized spacial score (nSPS) is 10.5. The molecule has 3 nitrogen and oxygen atoms in total. The summed E-state index contributed by atoms with van der Waals surface area (Å²) < 4.78 is 14.7. The molecule has 0 atom stereocenters. The topological polar surface area (TPSA) is 34.9 Å². The predicted octanol–water partition coefficient (Wildman–Crippen LogP) is 3.18. The summed E-state index contributed by atoms with van der Waals surface area (Å²) in [5.41, 5.74) is 1.61. The van der Waals surface area contributed by atoms with Gasteiger partial charge in [-0.25, -0.2) is 4.39 Å². The lowest BCUT2D eigenvalue weighted by molar-refractivity contribution is 0.112. The Morgan fingerprint density at radius 2 is 2.29 bits per heavy atom. The maximum absolute atomic E-state index is 13.0. The molecular weight excluding hydrogens is 243 g/mol. The molecule has 1 heterocycles. The van der Waals surface area contributed by atoms with Crippen molar-refractivity contribution in [1.29, 1.82) is 0 Å². The molecule has 5 heteroatoms. The molecule has 0 radical (unpaired) electrons. The van der Waals surface area contributed by atoms with Crippen molar-refractivity contribution >= 4 is 17.9 Å². The fourth-order valence-corrected chi connectivity index (χ4v) is 1.73. The van der Waals surface area contributed by atoms with Crippen LogP contribution >= 0.6 is 11.6 Å². The molecule has 0 spiro atoms. The molecule has 2 aromatic rings. The first-order valence-corrected chi connectivity index (χ1v) is 5.51. The van der Waals surface area contributed by atoms with Crippen LogP contribution in [0.3, 0.4) is 0 Å². The zero-order chi connectivity index (χ0) is 12.4. The standard InChI is InChI=1S/C12H10ClFN2O/c1-2-16-6-9(7-17)12(15-16)8-3-4-11(14)10(13)5-8/h3-7H,2H2,1H3. The van der Waals surface area contributed by atoms with Crippen molar-refractivity contribution in [2.24, 2.45) is 0 Å². The molecule has 2 rings (SSSR count). The first-order valence-electron chi connectivity index (χ1n) is 5.13. The second-order valence-electron chi connectivity index (χ2n) is 3.54. The first kappa shape index (κ1) is 11.8. The minimum absolute atomic E-state index is 0.0189. The largest absolute Gasteiger partial charge is 0.298 e. The van der Waals surface area contributed by atoms with Crippen molar-refractivity contribution in [2.45, 2.75) is 13.5 Å². The van der Waals surface area contributed by atoms with Crippen molar-refractivity contribution in [3.8, 4) is 11.3 Å². The van der Waals surface area contributed by atoms with Crippen LogP contribution in [-0.4, -0.2) is 16.1 Å². The zero-order valence-corrected chi connectivity index (χ0v) is 9.91. The highest BCUT2D eigenvalue weighted by Gasteiger charge is 2.11. The number of hydrogen-bond acceptors (Lipinski definition) is 2. The van der Waals surface area contributed by atoms with E-state index in [0.717, 1.165) is 6.29 Å². The summed E-state index contributed by atoms with van der Waals surface area (Å²) in [5, 5.41) is 4.26. The van der Waals surface area contributed by atoms with Gasteiger partial charge in [0.15, 0.2) is 6.29 Å². The van der Waals surface area contributed by atoms with Gasteiger partial charge in [-0.2, -0.15) is 5.10 Å². The SMILES string of the molecule is CCn1cc(C=O)c(-c2ccc(F)c(Cl)c2)n1. The molecule has 17 heavy (non-hydrogen) atoms. The van der Waals surface area contributed by atoms with Gasteiger partial charge in [-0.1, -0.05) is 11.6 Å². The van der Waals surface area contributed by atoms with Crippen LogP contribution in [0.5, 0.6) is 0 Å². The summed E-state index contributed by atoms with van der Waals surface area (Å²) in [4.78, 5) is 10.9. The smallest absolute Gasteiger partial charge is 0.153 e. The summed E-state index contributed by atoms with van der Waals surface area (Å²) >= 11 is 5.70. The second-order valence-corrected chi connectivity index (χ2v) is 3.94. The van der Waals surface area contributed by atoms with E-state index in [0.29, 0.717) is 23.4 Å². The van der Waals surface area contributed by atoms with Crippen molar-refractivity contribution < 1.29 is 9.18 Å². The van der Waals surface area contributed by atoms with Crippen LogP contribution in [-0.2, 0) is 6.54 Å². The third-order valence-electron chi connectivity index (χ3n) is 2.43. The lowest BCUT2D eigenvalue weighted by Gasteiger charge is -2.00. The Morgan fingerprint density at radius 3 is 2.88 bits per heavy atom. The number of rotatable bonds is 3. The number of hydrogen-bond donors (Lipinski definition) is 0. The summed E-state index contributed by atoms with van der Waals surface area (Å²) in [6.07, 6.45) is 2.38. The Morgan fingerprint density at radius 1 is 1.53 bits per heavy atom. The van der Waals surface area contributed by atoms with Crippen molar-refractivity contribution in [1.82, 2.24) is 9.78 Å². The first-order chi connectivity index (χ1) is 8.15. The molecule has 0 saturated heterocycles. The molecule has 0 bridgehead atoms. The number of nitrogens with zero attached hydrogens (tertiary/aromatic N) is 2. The molecule has 0 unspecified atom stereocenters. The van der Waals surface area contributed by atoms with Crippen LogP contribution in [0, 0.1) is 5.82 Å². The molecule has 88 valence electrons. The molecule has 1 aromatic carbocycles. The molecule has 0 fully saturated rings. The van der Waals surface area contributed by atoms with E-state index in [1.165, 1.54) is 12.1 Å². The lowest BCUT2D eigenvalue weighted by Crippen LogP contribution is -1.94. The molecule has 0 saturated carbocycles. The van der Waals surface area contributed by atoms with Gasteiger partial charge in [-0.15, -0.1) is 0 Å². The van der Waals surface area contributed by atoms with Crippen LogP contribution in [0.25, 0.3) is 11.3 Å². The van der Waals surface area contributed by atoms with Gasteiger partial charge in [0.2, 0.25) is 0 Å². The molecule has 1 aromatic heterocycles. The van der Waals surface area contributed by atoms with Crippen LogP contribution < -0.4 is 0 Å². The Balaban J connectivity index is 2.54. The fraction of sp³-hybridized carbons (Fsp3) is 0.167. The Hall–Kier alpha value is -1.68. The van der Waals surface area contributed by atoms with Crippen LogP contribution in [0.4, 0.5) is 4.39 Å². The number of aldehydes is 1. The third-order valence-corrected chi connectivity index (χ3v) is 2.72. The molecule has 0 N–H and O–H groups in total. The van der Waals surface area contributed by atoms with Gasteiger partial charge in [0.1, 0.15) is 11.5 Å². The third kappa shape index (κ3) is 2.22. The summed E-state index contributed by atoms with van der Waals surface area (Å²) in [6.45, 7) is 2.58. The number of aryl methyl sites for hydroxylation is 1. The highest BCUT2D eigenvalue weighted by atomic mass is 35.5. The van der Waals surface area contributed by atoms with Gasteiger partial charge >= 0.3 is 0 Å². The lowest BCUT2D eigenvalue weighted by atomic mass is 10.1. The van der Waals surface area contributed by atoms with E-state index in [4.69, 9.17) is 11.6 Å². The Labute approximate surface area is 103 Å². The summed E-state index contributed by atoms with van der Waals surface area (Å²) in [7, 11) is 0. The zero-order valence-electron chi connectivity index (χ0n) is 9.15. The van der Waals surface area contributed by atoms with Gasteiger partial charge in [-0.05, 0) is 25.1 Å². The monoisotopic (exact) mass is 252 g/mol. The van der Waals surface area contributed by atoms with E-state index < -0.39 is 5.82 Å². The van der Waals surface area contributed by atoms with E-state index in [1.807, 2.05) is 6.92 Å². The maximum Gasteiger partial charge on any atom is 0.153 e. The second kappa shape index (κ2) is 4.67. The van der Waals surface area contributed by atoms with E-state index in [1.54, 1.807) is 16.9 Å². The molecule has 0 aliphatic heterocycles. The van der Waals surface area contributed by atoms with Gasteiger partial charge < -0.3 is 0 Å². The Bertz CT molecular complexity index is 566. The minimum Gasteiger partial charge on any atom is -0.298 e. The van der Waals surface area contributed by atoms with E-state index in [-0.39, 0.29) is 5.02 Å². The van der Waals surface area contributed by atoms with E-state index in [2.05, 4.69) is 5.10 Å². The average molecular weight is 253 g/mol. The molecular formula is C12H10ClFN2O. The number of carbonyl (C=O) groups excluding carboxylic acids is 1. The molecule has 0 aliphatic rings. The number of aromatic nitrogens is 2. The fourth-order valence-electron chi connectivity index (χ4n) is 1.55. The highest BCUT2D eigenvalue weighted by Crippen LogP contribution is 2.25. The minimum atomic E-state index is -0.488. The van der Waals surface area contributed by atoms with Crippen LogP contribution in [0.1, 0.15) is 17.3 Å². The predicted molar refractivity (Wildman–Crippen MR) is 63.7 cm³/mol. The number of benzene rings is 1. The van der Waals surface area contributed by atoms with Crippen molar-refractivity contribution in [3.05, 3.63) is 40.8 Å². The van der Waals surface area contributed by atoms with Crippen molar-refractivity contribution in [2.75, 3.05) is 0 Å². The Kier molecular flexibility index (Phi) is 3.24. The average Bonchev–Trinajstić information content (AvgIpc) is 2.76. The van der Waals surface area contributed by atoms with Crippen LogP contribution in [0.15, 0.2) is 24.4 Å². The molecule has 0 amide bonds. The summed E-state index contributed by atoms with van der Waals surface area (Å²) in [5.74, 6) is -0.488. The van der Waals surface area contributed by atoms with Gasteiger partial charge in [0.05, 0.1) is 10.6 Å². The maximum atomic E-state index is 13.0. The summed E-state index contributed by atoms with van der Waals surface area (Å²) in [6, 6.07) is 4.28. The van der Waals surface area contributed by atoms with Gasteiger partial charge in [-0.3, -0.25) is 9.48 Å². The number of halogens is 2. The molecule has 0 aliphatic carbocycles. The van der Waals surface area contributed by atoms with E-state index in [9.17, 15) is 9.18 Å². The quantitative estimate of drug-likeness (QED) is 0.787. The van der Waals surface area contributed by atoms with Gasteiger partial charge in [0, 0.05) is 18.3 Å². The van der Waals surface area contributed by atoms with Gasteiger partial charge in [0.25, 0.3) is 0 Å². The van der Waals surface area contributed by atoms with Crippen LogP contribution in [0.2, 0.25) is 5.02 Å². The highest BCUT2D eigenvalue weighted by molar-refractivity contribution is 6.31. The number of carbonyl (C=O) groups is 1. The van der Waals surface area contributed by atoms with Crippen molar-refractivity contribution in [3.63, 3.8) is 0 Å².